The molecule has 2 unspecified atom stereocenters. The lowest BCUT2D eigenvalue weighted by Gasteiger charge is -2.32. The Morgan fingerprint density at radius 1 is 1.22 bits per heavy atom. The SMILES string of the molecule is CC1CC(C)CC(Oc2cccc(F)c2CN)C1. The predicted molar refractivity (Wildman–Crippen MR) is 70.9 cm³/mol. The molecule has 2 N–H and O–H groups in total. The van der Waals surface area contributed by atoms with Crippen LogP contribution in [-0.2, 0) is 6.54 Å². The number of benzene rings is 1. The van der Waals surface area contributed by atoms with E-state index < -0.39 is 0 Å². The third kappa shape index (κ3) is 3.02. The first-order chi connectivity index (χ1) is 8.60. The van der Waals surface area contributed by atoms with Crippen molar-refractivity contribution in [3.63, 3.8) is 0 Å². The number of hydrogen-bond donors (Lipinski definition) is 1. The number of nitrogens with two attached hydrogens (primary N) is 1. The molecule has 1 aliphatic rings. The average molecular weight is 251 g/mol. The van der Waals surface area contributed by atoms with Gasteiger partial charge in [-0.2, -0.15) is 0 Å². The molecule has 0 bridgehead atoms. The summed E-state index contributed by atoms with van der Waals surface area (Å²) >= 11 is 0. The van der Waals surface area contributed by atoms with Crippen LogP contribution < -0.4 is 10.5 Å². The molecule has 18 heavy (non-hydrogen) atoms. The first-order valence-electron chi connectivity index (χ1n) is 6.74. The molecule has 1 fully saturated rings. The second-order valence-electron chi connectivity index (χ2n) is 5.58. The maximum absolute atomic E-state index is 13.6. The monoisotopic (exact) mass is 251 g/mol. The quantitative estimate of drug-likeness (QED) is 0.892. The van der Waals surface area contributed by atoms with Crippen LogP contribution in [0.3, 0.4) is 0 Å². The lowest BCUT2D eigenvalue weighted by Crippen LogP contribution is -2.29. The van der Waals surface area contributed by atoms with Gasteiger partial charge in [0.25, 0.3) is 0 Å². The number of hydrogen-bond acceptors (Lipinski definition) is 2. The molecule has 0 radical (unpaired) electrons. The molecule has 0 aliphatic heterocycles. The van der Waals surface area contributed by atoms with Crippen LogP contribution in [0.2, 0.25) is 0 Å². The highest BCUT2D eigenvalue weighted by atomic mass is 19.1. The summed E-state index contributed by atoms with van der Waals surface area (Å²) in [5.41, 5.74) is 6.08. The zero-order valence-corrected chi connectivity index (χ0v) is 11.2. The van der Waals surface area contributed by atoms with Crippen molar-refractivity contribution in [2.45, 2.75) is 45.8 Å². The number of halogens is 1. The van der Waals surface area contributed by atoms with Gasteiger partial charge in [0, 0.05) is 12.1 Å². The number of rotatable bonds is 3. The minimum absolute atomic E-state index is 0.180. The molecule has 100 valence electrons. The van der Waals surface area contributed by atoms with Gasteiger partial charge >= 0.3 is 0 Å². The van der Waals surface area contributed by atoms with E-state index in [9.17, 15) is 4.39 Å². The van der Waals surface area contributed by atoms with E-state index in [-0.39, 0.29) is 18.5 Å². The van der Waals surface area contributed by atoms with Crippen LogP contribution in [0.15, 0.2) is 18.2 Å². The highest BCUT2D eigenvalue weighted by molar-refractivity contribution is 5.34. The van der Waals surface area contributed by atoms with Crippen LogP contribution >= 0.6 is 0 Å². The smallest absolute Gasteiger partial charge is 0.131 e. The van der Waals surface area contributed by atoms with Crippen molar-refractivity contribution in [2.75, 3.05) is 0 Å². The molecule has 0 spiro atoms. The molecule has 2 atom stereocenters. The molecule has 1 aromatic rings. The van der Waals surface area contributed by atoms with E-state index in [1.54, 1.807) is 6.07 Å². The molecule has 1 aromatic carbocycles. The van der Waals surface area contributed by atoms with Gasteiger partial charge in [-0.15, -0.1) is 0 Å². The zero-order valence-electron chi connectivity index (χ0n) is 11.2. The van der Waals surface area contributed by atoms with Crippen molar-refractivity contribution in [3.8, 4) is 5.75 Å². The molecular weight excluding hydrogens is 229 g/mol. The van der Waals surface area contributed by atoms with Crippen LogP contribution in [0.25, 0.3) is 0 Å². The average Bonchev–Trinajstić information content (AvgIpc) is 2.27. The van der Waals surface area contributed by atoms with Crippen LogP contribution in [0.4, 0.5) is 4.39 Å². The first kappa shape index (κ1) is 13.3. The maximum atomic E-state index is 13.6. The van der Waals surface area contributed by atoms with Crippen molar-refractivity contribution < 1.29 is 9.13 Å². The minimum atomic E-state index is -0.271. The fraction of sp³-hybridized carbons (Fsp3) is 0.600. The second-order valence-corrected chi connectivity index (χ2v) is 5.58. The Morgan fingerprint density at radius 2 is 1.89 bits per heavy atom. The Balaban J connectivity index is 2.11. The van der Waals surface area contributed by atoms with E-state index in [4.69, 9.17) is 10.5 Å². The fourth-order valence-corrected chi connectivity index (χ4v) is 3.00. The molecule has 1 aliphatic carbocycles. The van der Waals surface area contributed by atoms with Gasteiger partial charge in [-0.05, 0) is 43.2 Å². The van der Waals surface area contributed by atoms with Crippen LogP contribution in [0, 0.1) is 17.7 Å². The molecular formula is C15H22FNO. The van der Waals surface area contributed by atoms with E-state index in [0.29, 0.717) is 23.1 Å². The molecule has 1 saturated carbocycles. The normalized spacial score (nSPS) is 28.1. The van der Waals surface area contributed by atoms with Crippen molar-refractivity contribution in [1.29, 1.82) is 0 Å². The predicted octanol–water partition coefficient (Wildman–Crippen LogP) is 3.49. The Hall–Kier alpha value is -1.09. The van der Waals surface area contributed by atoms with Gasteiger partial charge in [-0.3, -0.25) is 0 Å². The fourth-order valence-electron chi connectivity index (χ4n) is 3.00. The minimum Gasteiger partial charge on any atom is -0.490 e. The molecule has 2 rings (SSSR count). The third-order valence-corrected chi connectivity index (χ3v) is 3.71. The topological polar surface area (TPSA) is 35.2 Å². The van der Waals surface area contributed by atoms with Crippen LogP contribution in [0.5, 0.6) is 5.75 Å². The zero-order chi connectivity index (χ0) is 13.1. The van der Waals surface area contributed by atoms with E-state index in [0.717, 1.165) is 12.8 Å². The standard InChI is InChI=1S/C15H22FNO/c1-10-6-11(2)8-12(7-10)18-15-5-3-4-14(16)13(15)9-17/h3-5,10-12H,6-9,17H2,1-2H3. The lowest BCUT2D eigenvalue weighted by molar-refractivity contribution is 0.0997. The summed E-state index contributed by atoms with van der Waals surface area (Å²) in [4.78, 5) is 0. The molecule has 3 heteroatoms. The highest BCUT2D eigenvalue weighted by Crippen LogP contribution is 2.32. The van der Waals surface area contributed by atoms with Gasteiger partial charge in [0.15, 0.2) is 0 Å². The van der Waals surface area contributed by atoms with Crippen molar-refractivity contribution in [1.82, 2.24) is 0 Å². The van der Waals surface area contributed by atoms with Crippen molar-refractivity contribution >= 4 is 0 Å². The largest absolute Gasteiger partial charge is 0.490 e. The van der Waals surface area contributed by atoms with Crippen LogP contribution in [-0.4, -0.2) is 6.10 Å². The van der Waals surface area contributed by atoms with E-state index in [1.165, 1.54) is 12.5 Å². The second kappa shape index (κ2) is 5.70. The van der Waals surface area contributed by atoms with Gasteiger partial charge in [0.05, 0.1) is 6.10 Å². The summed E-state index contributed by atoms with van der Waals surface area (Å²) in [6.07, 6.45) is 3.54. The first-order valence-corrected chi connectivity index (χ1v) is 6.74. The van der Waals surface area contributed by atoms with E-state index in [1.807, 2.05) is 6.07 Å². The Labute approximate surface area is 108 Å². The van der Waals surface area contributed by atoms with E-state index >= 15 is 0 Å². The van der Waals surface area contributed by atoms with Gasteiger partial charge in [0.1, 0.15) is 11.6 Å². The summed E-state index contributed by atoms with van der Waals surface area (Å²) in [7, 11) is 0. The summed E-state index contributed by atoms with van der Waals surface area (Å²) in [6, 6.07) is 4.93. The van der Waals surface area contributed by atoms with E-state index in [2.05, 4.69) is 13.8 Å². The van der Waals surface area contributed by atoms with Gasteiger partial charge in [-0.25, -0.2) is 4.39 Å². The summed E-state index contributed by atoms with van der Waals surface area (Å²) in [5.74, 6) is 1.69. The lowest BCUT2D eigenvalue weighted by atomic mass is 9.82. The van der Waals surface area contributed by atoms with Gasteiger partial charge < -0.3 is 10.5 Å². The molecule has 0 heterocycles. The highest BCUT2D eigenvalue weighted by Gasteiger charge is 2.26. The van der Waals surface area contributed by atoms with Gasteiger partial charge in [0.2, 0.25) is 0 Å². The Bertz CT molecular complexity index is 397. The Morgan fingerprint density at radius 3 is 2.50 bits per heavy atom. The van der Waals surface area contributed by atoms with Gasteiger partial charge in [-0.1, -0.05) is 19.9 Å². The molecule has 0 aromatic heterocycles. The van der Waals surface area contributed by atoms with Crippen molar-refractivity contribution in [2.24, 2.45) is 17.6 Å². The van der Waals surface area contributed by atoms with Crippen molar-refractivity contribution in [3.05, 3.63) is 29.6 Å². The molecule has 0 amide bonds. The third-order valence-electron chi connectivity index (χ3n) is 3.71. The molecule has 0 saturated heterocycles. The summed E-state index contributed by atoms with van der Waals surface area (Å²) < 4.78 is 19.6. The number of ether oxygens (including phenoxy) is 1. The maximum Gasteiger partial charge on any atom is 0.131 e. The molecule has 2 nitrogen and oxygen atoms in total. The summed E-state index contributed by atoms with van der Waals surface area (Å²) in [5, 5.41) is 0. The van der Waals surface area contributed by atoms with Crippen LogP contribution in [0.1, 0.15) is 38.7 Å². The summed E-state index contributed by atoms with van der Waals surface area (Å²) in [6.45, 7) is 4.68. The Kier molecular flexibility index (Phi) is 4.23.